The molecule has 1 amide bonds. The van der Waals surface area contributed by atoms with Gasteiger partial charge >= 0.3 is 6.18 Å². The smallest absolute Gasteiger partial charge is 0.382 e. The summed E-state index contributed by atoms with van der Waals surface area (Å²) >= 11 is 18.9. The molecular formula is C20H16Cl3F3N4OSSi. The third kappa shape index (κ3) is 5.74. The maximum absolute atomic E-state index is 13.4. The molecular weight excluding hydrogens is 536 g/mol. The van der Waals surface area contributed by atoms with E-state index in [1.54, 1.807) is 6.07 Å². The zero-order valence-corrected chi connectivity index (χ0v) is 20.9. The largest absolute Gasteiger partial charge is 0.433 e. The highest BCUT2D eigenvalue weighted by molar-refractivity contribution is 7.09. The molecule has 2 radical (unpaired) electrons. The van der Waals surface area contributed by atoms with Crippen molar-refractivity contribution in [2.75, 3.05) is 5.32 Å². The van der Waals surface area contributed by atoms with Crippen LogP contribution in [0, 0.1) is 0 Å². The average Bonchev–Trinajstić information content (AvgIpc) is 2.94. The minimum atomic E-state index is -4.56. The Hall–Kier alpha value is -1.59. The number of benzene rings is 1. The zero-order valence-electron chi connectivity index (χ0n) is 16.8. The van der Waals surface area contributed by atoms with Crippen molar-refractivity contribution in [2.45, 2.75) is 43.2 Å². The molecule has 13 heteroatoms. The maximum Gasteiger partial charge on any atom is 0.433 e. The maximum atomic E-state index is 13.4. The lowest BCUT2D eigenvalue weighted by atomic mass is 10.1. The Labute approximate surface area is 209 Å². The van der Waals surface area contributed by atoms with Crippen LogP contribution >= 0.6 is 46.3 Å². The number of carbonyl (C=O) groups is 1. The lowest BCUT2D eigenvalue weighted by molar-refractivity contribution is -0.140. The van der Waals surface area contributed by atoms with Gasteiger partial charge in [0, 0.05) is 27.8 Å². The first-order valence-electron chi connectivity index (χ1n) is 9.91. The number of anilines is 1. The van der Waals surface area contributed by atoms with Crippen LogP contribution in [0.1, 0.15) is 34.6 Å². The minimum absolute atomic E-state index is 0.0596. The number of hydrogen-bond acceptors (Lipinski definition) is 5. The topological polar surface area (TPSA) is 66.9 Å². The van der Waals surface area contributed by atoms with Gasteiger partial charge < -0.3 is 10.6 Å². The van der Waals surface area contributed by atoms with Crippen LogP contribution in [0.15, 0.2) is 24.3 Å². The Morgan fingerprint density at radius 3 is 2.64 bits per heavy atom. The fourth-order valence-corrected chi connectivity index (χ4v) is 6.38. The molecule has 1 aromatic carbocycles. The monoisotopic (exact) mass is 550 g/mol. The van der Waals surface area contributed by atoms with Crippen LogP contribution in [-0.2, 0) is 6.18 Å². The van der Waals surface area contributed by atoms with Gasteiger partial charge in [-0.15, -0.1) is 0 Å². The molecule has 0 aliphatic carbocycles. The SMILES string of the molecule is O=C(N[C@H]1CC[C@@H](Nc2cc(C(F)(F)F)nc3ccc(Cl)cc23)CC[Si]1)c1snc(Cl)c1Cl. The average molecular weight is 552 g/mol. The Morgan fingerprint density at radius 2 is 1.94 bits per heavy atom. The molecule has 1 saturated heterocycles. The molecule has 5 nitrogen and oxygen atoms in total. The van der Waals surface area contributed by atoms with Crippen molar-refractivity contribution in [1.82, 2.24) is 14.7 Å². The van der Waals surface area contributed by atoms with Gasteiger partial charge in [0.15, 0.2) is 5.15 Å². The summed E-state index contributed by atoms with van der Waals surface area (Å²) in [6, 6.07) is 6.39. The van der Waals surface area contributed by atoms with Crippen molar-refractivity contribution >= 4 is 78.4 Å². The highest BCUT2D eigenvalue weighted by Gasteiger charge is 2.34. The Bertz CT molecular complexity index is 1190. The summed E-state index contributed by atoms with van der Waals surface area (Å²) in [5.41, 5.74) is -0.453. The van der Waals surface area contributed by atoms with Gasteiger partial charge in [-0.3, -0.25) is 4.79 Å². The van der Waals surface area contributed by atoms with Gasteiger partial charge in [-0.05, 0) is 55.1 Å². The first kappa shape index (κ1) is 24.5. The van der Waals surface area contributed by atoms with Crippen molar-refractivity contribution in [3.05, 3.63) is 50.0 Å². The number of carbonyl (C=O) groups excluding carboxylic acids is 1. The Morgan fingerprint density at radius 1 is 1.15 bits per heavy atom. The predicted molar refractivity (Wildman–Crippen MR) is 127 cm³/mol. The second kappa shape index (κ2) is 9.95. The van der Waals surface area contributed by atoms with E-state index in [1.807, 2.05) is 0 Å². The summed E-state index contributed by atoms with van der Waals surface area (Å²) in [7, 11) is 0.464. The molecule has 0 spiro atoms. The number of alkyl halides is 3. The summed E-state index contributed by atoms with van der Waals surface area (Å²) in [4.78, 5) is 16.5. The Balaban J connectivity index is 1.48. The van der Waals surface area contributed by atoms with Crippen LogP contribution < -0.4 is 10.6 Å². The van der Waals surface area contributed by atoms with Crippen LogP contribution in [0.3, 0.4) is 0 Å². The number of fused-ring (bicyclic) bond motifs is 1. The normalized spacial score (nSPS) is 19.3. The lowest BCUT2D eigenvalue weighted by Crippen LogP contribution is -2.38. The van der Waals surface area contributed by atoms with Crippen molar-refractivity contribution in [2.24, 2.45) is 0 Å². The molecule has 0 bridgehead atoms. The van der Waals surface area contributed by atoms with E-state index in [1.165, 1.54) is 12.1 Å². The van der Waals surface area contributed by atoms with E-state index in [-0.39, 0.29) is 38.2 Å². The molecule has 4 rings (SSSR count). The molecule has 33 heavy (non-hydrogen) atoms. The molecule has 1 fully saturated rings. The standard InChI is InChI=1S/C20H16Cl3F3N4OSSi/c21-9-1-3-12-11(7-9)13(8-14(28-12)20(24,25)26)27-10-2-4-15(33-6-5-10)29-19(31)17-16(22)18(23)30-32-17/h1,3,7-8,10,15H,2,4-6H2,(H,27,28)(H,29,31)/t10-,15-/m1/s1. The summed E-state index contributed by atoms with van der Waals surface area (Å²) in [6.45, 7) is 0. The molecule has 3 aromatic rings. The highest BCUT2D eigenvalue weighted by Crippen LogP contribution is 2.35. The fourth-order valence-electron chi connectivity index (χ4n) is 3.62. The first-order chi connectivity index (χ1) is 15.6. The molecule has 2 atom stereocenters. The van der Waals surface area contributed by atoms with E-state index >= 15 is 0 Å². The highest BCUT2D eigenvalue weighted by atomic mass is 35.5. The zero-order chi connectivity index (χ0) is 23.8. The summed E-state index contributed by atoms with van der Waals surface area (Å²) in [6.07, 6.45) is -2.47. The number of halogens is 6. The number of aromatic nitrogens is 2. The van der Waals surface area contributed by atoms with E-state index in [0.29, 0.717) is 38.5 Å². The van der Waals surface area contributed by atoms with Gasteiger partial charge in [0.2, 0.25) is 0 Å². The number of pyridine rings is 1. The van der Waals surface area contributed by atoms with Crippen molar-refractivity contribution in [3.8, 4) is 0 Å². The van der Waals surface area contributed by atoms with E-state index in [0.717, 1.165) is 30.1 Å². The predicted octanol–water partition coefficient (Wildman–Crippen LogP) is 6.51. The number of nitrogens with zero attached hydrogens (tertiary/aromatic N) is 2. The van der Waals surface area contributed by atoms with Crippen molar-refractivity contribution < 1.29 is 18.0 Å². The number of hydrogen-bond donors (Lipinski definition) is 2. The fraction of sp³-hybridized carbons (Fsp3) is 0.350. The Kier molecular flexibility index (Phi) is 7.40. The van der Waals surface area contributed by atoms with Crippen LogP contribution in [-0.4, -0.2) is 36.5 Å². The van der Waals surface area contributed by atoms with Crippen molar-refractivity contribution in [1.29, 1.82) is 0 Å². The molecule has 2 aromatic heterocycles. The third-order valence-electron chi connectivity index (χ3n) is 5.22. The number of rotatable bonds is 4. The molecule has 174 valence electrons. The van der Waals surface area contributed by atoms with Crippen LogP contribution in [0.25, 0.3) is 10.9 Å². The van der Waals surface area contributed by atoms with Crippen LogP contribution in [0.5, 0.6) is 0 Å². The van der Waals surface area contributed by atoms with E-state index in [9.17, 15) is 18.0 Å². The van der Waals surface area contributed by atoms with Gasteiger partial charge in [-0.1, -0.05) is 40.8 Å². The molecule has 0 unspecified atom stereocenters. The van der Waals surface area contributed by atoms with Gasteiger partial charge in [-0.2, -0.15) is 17.5 Å². The number of amides is 1. The summed E-state index contributed by atoms with van der Waals surface area (Å²) < 4.78 is 44.0. The van der Waals surface area contributed by atoms with E-state index in [2.05, 4.69) is 20.0 Å². The molecule has 2 N–H and O–H groups in total. The molecule has 3 heterocycles. The van der Waals surface area contributed by atoms with Gasteiger partial charge in [0.25, 0.3) is 5.91 Å². The quantitative estimate of drug-likeness (QED) is 0.363. The first-order valence-corrected chi connectivity index (χ1v) is 13.1. The molecule has 0 saturated carbocycles. The van der Waals surface area contributed by atoms with Gasteiger partial charge in [0.1, 0.15) is 15.6 Å². The van der Waals surface area contributed by atoms with E-state index < -0.39 is 11.9 Å². The lowest BCUT2D eigenvalue weighted by Gasteiger charge is -2.21. The second-order valence-electron chi connectivity index (χ2n) is 7.52. The van der Waals surface area contributed by atoms with Crippen LogP contribution in [0.2, 0.25) is 21.2 Å². The van der Waals surface area contributed by atoms with Gasteiger partial charge in [-0.25, -0.2) is 4.98 Å². The van der Waals surface area contributed by atoms with Crippen LogP contribution in [0.4, 0.5) is 18.9 Å². The molecule has 1 aliphatic rings. The number of nitrogens with one attached hydrogen (secondary N) is 2. The second-order valence-corrected chi connectivity index (χ2v) is 11.1. The summed E-state index contributed by atoms with van der Waals surface area (Å²) in [5.74, 6) is -0.321. The third-order valence-corrected chi connectivity index (χ3v) is 8.75. The van der Waals surface area contributed by atoms with Crippen molar-refractivity contribution in [3.63, 3.8) is 0 Å². The minimum Gasteiger partial charge on any atom is -0.382 e. The molecule has 1 aliphatic heterocycles. The van der Waals surface area contributed by atoms with E-state index in [4.69, 9.17) is 34.8 Å². The van der Waals surface area contributed by atoms with Gasteiger partial charge in [0.05, 0.1) is 15.0 Å². The summed E-state index contributed by atoms with van der Waals surface area (Å²) in [5, 5.41) is 7.43.